The quantitative estimate of drug-likeness (QED) is 0.474. The predicted molar refractivity (Wildman–Crippen MR) is 37.3 cm³/mol. The molecule has 0 spiro atoms. The number of carbonyl (C=O) groups excluding carboxylic acids is 3. The first-order valence-corrected chi connectivity index (χ1v) is 3.66. The highest BCUT2D eigenvalue weighted by molar-refractivity contribution is 5.77. The molecule has 88 valence electrons. The van der Waals surface area contributed by atoms with Gasteiger partial charge in [0.05, 0.1) is 24.1 Å². The van der Waals surface area contributed by atoms with Crippen molar-refractivity contribution in [2.75, 3.05) is 0 Å². The van der Waals surface area contributed by atoms with Gasteiger partial charge in [0.15, 0.2) is 0 Å². The van der Waals surface area contributed by atoms with E-state index < -0.39 is 36.5 Å². The Hall–Kier alpha value is -1.67. The van der Waals surface area contributed by atoms with Gasteiger partial charge in [0, 0.05) is 12.4 Å². The number of aliphatic hydroxyl groups is 2. The van der Waals surface area contributed by atoms with E-state index in [-0.39, 0.29) is 0 Å². The Labute approximate surface area is 84.4 Å². The van der Waals surface area contributed by atoms with Crippen molar-refractivity contribution < 1.29 is 39.9 Å². The second-order valence-electron chi connectivity index (χ2n) is 2.41. The zero-order valence-electron chi connectivity index (χ0n) is 7.71. The molecule has 0 aromatic carbocycles. The second-order valence-corrected chi connectivity index (χ2v) is 2.41. The molecule has 0 amide bonds. The van der Waals surface area contributed by atoms with Crippen molar-refractivity contribution in [2.24, 2.45) is 0 Å². The Kier molecular flexibility index (Phi) is 8.11. The van der Waals surface area contributed by atoms with Gasteiger partial charge in [-0.1, -0.05) is 0 Å². The fraction of sp³-hybridized carbons (Fsp3) is 0.571. The minimum absolute atomic E-state index is 0.928. The molecule has 15 heavy (non-hydrogen) atoms. The number of aliphatic carboxylic acids is 3. The molecule has 2 N–H and O–H groups in total. The van der Waals surface area contributed by atoms with Crippen LogP contribution in [-0.4, -0.2) is 40.3 Å². The van der Waals surface area contributed by atoms with Crippen LogP contribution in [0, 0.1) is 0 Å². The van der Waals surface area contributed by atoms with Crippen LogP contribution in [0.25, 0.3) is 0 Å². The Balaban J connectivity index is 0. The Morgan fingerprint density at radius 3 is 1.47 bits per heavy atom. The van der Waals surface area contributed by atoms with Gasteiger partial charge in [0.25, 0.3) is 0 Å². The topological polar surface area (TPSA) is 161 Å². The van der Waals surface area contributed by atoms with Gasteiger partial charge in [-0.25, -0.2) is 0 Å². The molecular weight excluding hydrogens is 212 g/mol. The average Bonchev–Trinajstić information content (AvgIpc) is 2.03. The van der Waals surface area contributed by atoms with Crippen LogP contribution in [-0.2, 0) is 14.4 Å². The van der Waals surface area contributed by atoms with Gasteiger partial charge in [-0.15, -0.1) is 0 Å². The predicted octanol–water partition coefficient (Wildman–Crippen LogP) is -5.65. The van der Waals surface area contributed by atoms with Crippen LogP contribution in [0.5, 0.6) is 0 Å². The lowest BCUT2D eigenvalue weighted by atomic mass is 10.3. The van der Waals surface area contributed by atoms with Gasteiger partial charge in [-0.2, -0.15) is 0 Å². The highest BCUT2D eigenvalue weighted by Crippen LogP contribution is 1.85. The SMILES string of the molecule is CC(O)C(=O)[O-].O=C([O-])CC(O)C(=O)[O-]. The summed E-state index contributed by atoms with van der Waals surface area (Å²) < 4.78 is 0. The third-order valence-corrected chi connectivity index (χ3v) is 0.973. The molecule has 8 heteroatoms. The third kappa shape index (κ3) is 12.3. The molecule has 0 aromatic heterocycles. The normalized spacial score (nSPS) is 13.0. The molecule has 2 unspecified atom stereocenters. The van der Waals surface area contributed by atoms with Gasteiger partial charge < -0.3 is 39.9 Å². The summed E-state index contributed by atoms with van der Waals surface area (Å²) in [5.41, 5.74) is 0. The highest BCUT2D eigenvalue weighted by Gasteiger charge is 2.03. The molecule has 0 aliphatic heterocycles. The summed E-state index contributed by atoms with van der Waals surface area (Å²) >= 11 is 0. The largest absolute Gasteiger partial charge is 0.550 e. The monoisotopic (exact) mass is 221 g/mol. The molecule has 0 aliphatic carbocycles. The van der Waals surface area contributed by atoms with Crippen LogP contribution < -0.4 is 15.3 Å². The number of carbonyl (C=O) groups is 3. The van der Waals surface area contributed by atoms with E-state index in [2.05, 4.69) is 0 Å². The molecule has 0 fully saturated rings. The van der Waals surface area contributed by atoms with Crippen molar-refractivity contribution in [3.05, 3.63) is 0 Å². The Bertz CT molecular complexity index is 233. The fourth-order valence-electron chi connectivity index (χ4n) is 0.241. The van der Waals surface area contributed by atoms with Gasteiger partial charge in [-0.3, -0.25) is 0 Å². The maximum Gasteiger partial charge on any atom is 0.0985 e. The summed E-state index contributed by atoms with van der Waals surface area (Å²) in [5, 5.41) is 44.7. The first-order valence-electron chi connectivity index (χ1n) is 3.66. The van der Waals surface area contributed by atoms with E-state index in [9.17, 15) is 29.7 Å². The van der Waals surface area contributed by atoms with Crippen molar-refractivity contribution in [1.82, 2.24) is 0 Å². The highest BCUT2D eigenvalue weighted by atomic mass is 16.4. The summed E-state index contributed by atoms with van der Waals surface area (Å²) in [6, 6.07) is 0. The van der Waals surface area contributed by atoms with Crippen LogP contribution in [0.1, 0.15) is 13.3 Å². The summed E-state index contributed by atoms with van der Waals surface area (Å²) in [5.74, 6) is -4.86. The number of hydrogen-bond donors (Lipinski definition) is 2. The summed E-state index contributed by atoms with van der Waals surface area (Å²) in [6.45, 7) is 1.13. The molecule has 0 aliphatic rings. The minimum Gasteiger partial charge on any atom is -0.550 e. The van der Waals surface area contributed by atoms with Gasteiger partial charge in [-0.05, 0) is 6.92 Å². The average molecular weight is 221 g/mol. The maximum atomic E-state index is 9.58. The van der Waals surface area contributed by atoms with E-state index in [1.165, 1.54) is 0 Å². The van der Waals surface area contributed by atoms with Crippen molar-refractivity contribution in [3.8, 4) is 0 Å². The van der Waals surface area contributed by atoms with E-state index in [1.807, 2.05) is 0 Å². The lowest BCUT2D eigenvalue weighted by Crippen LogP contribution is -2.39. The molecule has 2 atom stereocenters. The van der Waals surface area contributed by atoms with Crippen LogP contribution in [0.4, 0.5) is 0 Å². The molecular formula is C7H9O8-3. The summed E-state index contributed by atoms with van der Waals surface area (Å²) in [4.78, 5) is 28.5. The van der Waals surface area contributed by atoms with E-state index in [0.717, 1.165) is 6.92 Å². The lowest BCUT2D eigenvalue weighted by molar-refractivity contribution is -0.323. The second kappa shape index (κ2) is 7.71. The zero-order valence-corrected chi connectivity index (χ0v) is 7.71. The van der Waals surface area contributed by atoms with E-state index in [4.69, 9.17) is 10.2 Å². The van der Waals surface area contributed by atoms with Crippen molar-refractivity contribution >= 4 is 17.9 Å². The van der Waals surface area contributed by atoms with Gasteiger partial charge >= 0.3 is 0 Å². The molecule has 0 heterocycles. The van der Waals surface area contributed by atoms with Gasteiger partial charge in [0.1, 0.15) is 0 Å². The molecule has 8 nitrogen and oxygen atoms in total. The first-order chi connectivity index (χ1) is 6.68. The van der Waals surface area contributed by atoms with E-state index in [1.54, 1.807) is 0 Å². The van der Waals surface area contributed by atoms with E-state index in [0.29, 0.717) is 0 Å². The number of carboxylic acid groups (broad SMARTS) is 3. The van der Waals surface area contributed by atoms with Crippen molar-refractivity contribution in [2.45, 2.75) is 25.6 Å². The van der Waals surface area contributed by atoms with E-state index >= 15 is 0 Å². The standard InChI is InChI=1S/C4H6O5.C3H6O3/c5-2(4(8)9)1-3(6)7;1-2(4)3(5)6/h2,5H,1H2,(H,6,7)(H,8,9);2,4H,1H3,(H,5,6)/p-3. The zero-order chi connectivity index (χ0) is 12.6. The molecule has 0 radical (unpaired) electrons. The molecule has 0 saturated carbocycles. The first kappa shape index (κ1) is 15.8. The Morgan fingerprint density at radius 2 is 1.40 bits per heavy atom. The third-order valence-electron chi connectivity index (χ3n) is 0.973. The molecule has 0 saturated heterocycles. The van der Waals surface area contributed by atoms with Crippen molar-refractivity contribution in [3.63, 3.8) is 0 Å². The molecule has 0 bridgehead atoms. The number of rotatable bonds is 4. The van der Waals surface area contributed by atoms with Crippen LogP contribution >= 0.6 is 0 Å². The smallest absolute Gasteiger partial charge is 0.0985 e. The van der Waals surface area contributed by atoms with Crippen LogP contribution in [0.2, 0.25) is 0 Å². The Morgan fingerprint density at radius 1 is 1.07 bits per heavy atom. The summed E-state index contributed by atoms with van der Waals surface area (Å²) in [6.07, 6.45) is -4.23. The fourth-order valence-corrected chi connectivity index (χ4v) is 0.241. The molecule has 0 aromatic rings. The number of aliphatic hydroxyl groups excluding tert-OH is 2. The van der Waals surface area contributed by atoms with Gasteiger partial charge in [0.2, 0.25) is 0 Å². The van der Waals surface area contributed by atoms with Crippen LogP contribution in [0.15, 0.2) is 0 Å². The summed E-state index contributed by atoms with van der Waals surface area (Å²) in [7, 11) is 0. The lowest BCUT2D eigenvalue weighted by Gasteiger charge is -2.10. The minimum atomic E-state index is -1.96. The number of hydrogen-bond acceptors (Lipinski definition) is 8. The molecule has 0 rings (SSSR count). The van der Waals surface area contributed by atoms with Crippen LogP contribution in [0.3, 0.4) is 0 Å². The van der Waals surface area contributed by atoms with Crippen molar-refractivity contribution in [1.29, 1.82) is 0 Å². The number of carboxylic acids is 3. The maximum absolute atomic E-state index is 9.58.